The minimum absolute atomic E-state index is 0.00128. The lowest BCUT2D eigenvalue weighted by Gasteiger charge is -2.21. The van der Waals surface area contributed by atoms with E-state index in [4.69, 9.17) is 4.74 Å². The van der Waals surface area contributed by atoms with Gasteiger partial charge in [-0.3, -0.25) is 9.59 Å². The van der Waals surface area contributed by atoms with Gasteiger partial charge in [-0.25, -0.2) is 0 Å². The molecule has 3 N–H and O–H groups in total. The van der Waals surface area contributed by atoms with Crippen molar-refractivity contribution in [1.29, 1.82) is 0 Å². The molecule has 1 fully saturated rings. The summed E-state index contributed by atoms with van der Waals surface area (Å²) in [5, 5.41) is 9.01. The number of hydrogen-bond donors (Lipinski definition) is 3. The van der Waals surface area contributed by atoms with Crippen molar-refractivity contribution in [3.8, 4) is 5.75 Å². The Balaban J connectivity index is 1.55. The van der Waals surface area contributed by atoms with E-state index >= 15 is 0 Å². The van der Waals surface area contributed by atoms with Crippen molar-refractivity contribution in [3.05, 3.63) is 54.1 Å². The lowest BCUT2D eigenvalue weighted by atomic mass is 9.99. The minimum Gasteiger partial charge on any atom is -0.494 e. The Hall–Kier alpha value is -2.86. The van der Waals surface area contributed by atoms with Gasteiger partial charge in [-0.2, -0.15) is 0 Å². The molecule has 0 aliphatic carbocycles. The van der Waals surface area contributed by atoms with Crippen molar-refractivity contribution in [1.82, 2.24) is 5.32 Å². The molecule has 1 heterocycles. The smallest absolute Gasteiger partial charge is 0.255 e. The van der Waals surface area contributed by atoms with Gasteiger partial charge in [0.2, 0.25) is 5.91 Å². The highest BCUT2D eigenvalue weighted by Gasteiger charge is 2.20. The lowest BCUT2D eigenvalue weighted by molar-refractivity contribution is -0.120. The van der Waals surface area contributed by atoms with Crippen LogP contribution >= 0.6 is 0 Å². The highest BCUT2D eigenvalue weighted by atomic mass is 16.5. The molecule has 142 valence electrons. The molecule has 1 aliphatic heterocycles. The first-order chi connectivity index (χ1) is 13.2. The van der Waals surface area contributed by atoms with Gasteiger partial charge in [-0.05, 0) is 74.8 Å². The average Bonchev–Trinajstić information content (AvgIpc) is 2.71. The number of rotatable bonds is 6. The molecule has 2 amide bonds. The normalized spacial score (nSPS) is 16.4. The fourth-order valence-electron chi connectivity index (χ4n) is 3.03. The monoisotopic (exact) mass is 367 g/mol. The van der Waals surface area contributed by atoms with E-state index in [0.29, 0.717) is 30.1 Å². The standard InChI is InChI=1S/C21H25N3O3/c1-2-27-19-11-9-18(10-12-19)23-20(25)15-5-7-17(8-6-15)24-21(26)16-4-3-13-22-14-16/h5-12,16,22H,2-4,13-14H2,1H3,(H,23,25)(H,24,26). The van der Waals surface area contributed by atoms with Crippen LogP contribution in [0, 0.1) is 5.92 Å². The van der Waals surface area contributed by atoms with E-state index in [1.807, 2.05) is 19.1 Å². The van der Waals surface area contributed by atoms with Gasteiger partial charge >= 0.3 is 0 Å². The molecule has 1 aliphatic rings. The summed E-state index contributed by atoms with van der Waals surface area (Å²) in [5.41, 5.74) is 1.93. The van der Waals surface area contributed by atoms with Crippen LogP contribution in [0.1, 0.15) is 30.1 Å². The van der Waals surface area contributed by atoms with Crippen molar-refractivity contribution in [2.75, 3.05) is 30.3 Å². The maximum atomic E-state index is 12.4. The van der Waals surface area contributed by atoms with Gasteiger partial charge in [0, 0.05) is 23.5 Å². The van der Waals surface area contributed by atoms with Crippen LogP contribution in [0.3, 0.4) is 0 Å². The molecule has 3 rings (SSSR count). The Morgan fingerprint density at radius 3 is 2.33 bits per heavy atom. The molecule has 6 nitrogen and oxygen atoms in total. The van der Waals surface area contributed by atoms with Crippen molar-refractivity contribution >= 4 is 23.2 Å². The fourth-order valence-corrected chi connectivity index (χ4v) is 3.03. The number of carbonyl (C=O) groups is 2. The first-order valence-corrected chi connectivity index (χ1v) is 9.31. The summed E-state index contributed by atoms with van der Waals surface area (Å²) in [4.78, 5) is 24.6. The molecule has 0 radical (unpaired) electrons. The van der Waals surface area contributed by atoms with E-state index in [2.05, 4.69) is 16.0 Å². The molecular formula is C21H25N3O3. The summed E-state index contributed by atoms with van der Waals surface area (Å²) in [6.45, 7) is 4.22. The highest BCUT2D eigenvalue weighted by Crippen LogP contribution is 2.18. The summed E-state index contributed by atoms with van der Waals surface area (Å²) >= 11 is 0. The van der Waals surface area contributed by atoms with Gasteiger partial charge in [0.15, 0.2) is 0 Å². The Morgan fingerprint density at radius 1 is 1.04 bits per heavy atom. The van der Waals surface area contributed by atoms with E-state index in [-0.39, 0.29) is 17.7 Å². The first kappa shape index (κ1) is 18.9. The Kier molecular flexibility index (Phi) is 6.44. The van der Waals surface area contributed by atoms with E-state index in [1.165, 1.54) is 0 Å². The summed E-state index contributed by atoms with van der Waals surface area (Å²) < 4.78 is 5.39. The molecule has 1 saturated heterocycles. The summed E-state index contributed by atoms with van der Waals surface area (Å²) in [6.07, 6.45) is 1.92. The van der Waals surface area contributed by atoms with Gasteiger partial charge in [0.05, 0.1) is 12.5 Å². The molecule has 1 unspecified atom stereocenters. The number of nitrogens with one attached hydrogen (secondary N) is 3. The largest absolute Gasteiger partial charge is 0.494 e. The summed E-state index contributed by atoms with van der Waals surface area (Å²) in [6, 6.07) is 14.2. The van der Waals surface area contributed by atoms with Crippen molar-refractivity contribution in [2.24, 2.45) is 5.92 Å². The van der Waals surface area contributed by atoms with Crippen LogP contribution < -0.4 is 20.7 Å². The Labute approximate surface area is 159 Å². The van der Waals surface area contributed by atoms with Crippen LogP contribution in [0.25, 0.3) is 0 Å². The van der Waals surface area contributed by atoms with E-state index in [1.54, 1.807) is 36.4 Å². The van der Waals surface area contributed by atoms with Gasteiger partial charge in [-0.15, -0.1) is 0 Å². The van der Waals surface area contributed by atoms with Crippen LogP contribution in [0.15, 0.2) is 48.5 Å². The molecule has 2 aromatic carbocycles. The van der Waals surface area contributed by atoms with Gasteiger partial charge in [-0.1, -0.05) is 0 Å². The van der Waals surface area contributed by atoms with Gasteiger partial charge in [0.1, 0.15) is 5.75 Å². The molecule has 6 heteroatoms. The SMILES string of the molecule is CCOc1ccc(NC(=O)c2ccc(NC(=O)C3CCCNC3)cc2)cc1. The third-order valence-corrected chi connectivity index (χ3v) is 4.51. The second-order valence-electron chi connectivity index (χ2n) is 6.52. The number of amides is 2. The predicted molar refractivity (Wildman–Crippen MR) is 106 cm³/mol. The first-order valence-electron chi connectivity index (χ1n) is 9.31. The van der Waals surface area contributed by atoms with Crippen molar-refractivity contribution < 1.29 is 14.3 Å². The second kappa shape index (κ2) is 9.19. The number of carbonyl (C=O) groups excluding carboxylic acids is 2. The molecule has 2 aromatic rings. The van der Waals surface area contributed by atoms with E-state index < -0.39 is 0 Å². The third-order valence-electron chi connectivity index (χ3n) is 4.51. The average molecular weight is 367 g/mol. The number of anilines is 2. The quantitative estimate of drug-likeness (QED) is 0.732. The summed E-state index contributed by atoms with van der Waals surface area (Å²) in [5.74, 6) is 0.590. The number of ether oxygens (including phenoxy) is 1. The minimum atomic E-state index is -0.200. The van der Waals surface area contributed by atoms with Crippen molar-refractivity contribution in [3.63, 3.8) is 0 Å². The zero-order valence-corrected chi connectivity index (χ0v) is 15.5. The fraction of sp³-hybridized carbons (Fsp3) is 0.333. The predicted octanol–water partition coefficient (Wildman–Crippen LogP) is 3.28. The topological polar surface area (TPSA) is 79.5 Å². The highest BCUT2D eigenvalue weighted by molar-refractivity contribution is 6.04. The molecule has 0 aromatic heterocycles. The molecule has 0 spiro atoms. The number of hydrogen-bond acceptors (Lipinski definition) is 4. The maximum absolute atomic E-state index is 12.4. The number of benzene rings is 2. The lowest BCUT2D eigenvalue weighted by Crippen LogP contribution is -2.37. The molecule has 27 heavy (non-hydrogen) atoms. The molecule has 0 bridgehead atoms. The third kappa shape index (κ3) is 5.31. The van der Waals surface area contributed by atoms with Crippen LogP contribution in [0.2, 0.25) is 0 Å². The van der Waals surface area contributed by atoms with Crippen LogP contribution in [-0.2, 0) is 4.79 Å². The van der Waals surface area contributed by atoms with Crippen LogP contribution in [-0.4, -0.2) is 31.5 Å². The zero-order valence-electron chi connectivity index (χ0n) is 15.5. The number of piperidine rings is 1. The molecule has 1 atom stereocenters. The van der Waals surface area contributed by atoms with E-state index in [9.17, 15) is 9.59 Å². The Morgan fingerprint density at radius 2 is 1.70 bits per heavy atom. The van der Waals surface area contributed by atoms with Crippen LogP contribution in [0.4, 0.5) is 11.4 Å². The van der Waals surface area contributed by atoms with Gasteiger partial charge < -0.3 is 20.7 Å². The zero-order chi connectivity index (χ0) is 19.1. The second-order valence-corrected chi connectivity index (χ2v) is 6.52. The molecule has 0 saturated carbocycles. The van der Waals surface area contributed by atoms with Crippen LogP contribution in [0.5, 0.6) is 5.75 Å². The van der Waals surface area contributed by atoms with E-state index in [0.717, 1.165) is 25.1 Å². The van der Waals surface area contributed by atoms with Crippen molar-refractivity contribution in [2.45, 2.75) is 19.8 Å². The summed E-state index contributed by atoms with van der Waals surface area (Å²) in [7, 11) is 0. The Bertz CT molecular complexity index is 766. The van der Waals surface area contributed by atoms with Gasteiger partial charge in [0.25, 0.3) is 5.91 Å². The molecular weight excluding hydrogens is 342 g/mol. The maximum Gasteiger partial charge on any atom is 0.255 e.